The van der Waals surface area contributed by atoms with E-state index >= 15 is 0 Å². The van der Waals surface area contributed by atoms with Crippen LogP contribution in [0.2, 0.25) is 5.02 Å². The molecule has 0 amide bonds. The molecule has 0 saturated carbocycles. The maximum atomic E-state index is 11.8. The number of carboxylic acids is 2. The molecule has 1 aromatic heterocycles. The number of pyridine rings is 1. The number of hydrogen-bond donors (Lipinski definition) is 5. The summed E-state index contributed by atoms with van der Waals surface area (Å²) in [4.78, 5) is 29.6. The van der Waals surface area contributed by atoms with E-state index in [1.54, 1.807) is 24.4 Å². The number of ether oxygens (including phenoxy) is 3. The number of carbonyl (C=O) groups is 2. The Kier molecular flexibility index (Phi) is 13.9. The summed E-state index contributed by atoms with van der Waals surface area (Å²) in [6.45, 7) is 6.74. The molecule has 4 aromatic rings. The molecular weight excluding hydrogens is 740 g/mol. The van der Waals surface area contributed by atoms with Gasteiger partial charge in [-0.2, -0.15) is 5.26 Å². The lowest BCUT2D eigenvalue weighted by Crippen LogP contribution is -2.52. The van der Waals surface area contributed by atoms with Crippen LogP contribution < -0.4 is 19.5 Å². The van der Waals surface area contributed by atoms with Crippen LogP contribution >= 0.6 is 11.6 Å². The average molecular weight is 787 g/mol. The normalized spacial score (nSPS) is 16.5. The highest BCUT2D eigenvalue weighted by atomic mass is 35.5. The molecule has 0 bridgehead atoms. The van der Waals surface area contributed by atoms with Crippen molar-refractivity contribution in [3.8, 4) is 34.4 Å². The molecule has 5 N–H and O–H groups in total. The SMILES string of the molecule is Cc1c(COc2cc(OCc3cncc(C#N)c3)c(CN[C@@](C)(CO)C(=O)O)cc2Cl)cccc1-c1cccc(OCCCN2CCC(CO)(C(=O)O)C2)c1C. The standard InChI is InChI=1S/C42H47ClN4O9/c1-27-31(7-4-8-33(27)34-9-5-10-36(28(34)2)54-14-6-12-47-13-11-42(24-47,26-49)40(52)53)23-56-38-17-37(55-22-30-15-29(18-44)19-45-20-30)32(16-35(38)43)21-46-41(3,25-48)39(50)51/h4-5,7-10,15-17,19-20,46,48-49H,6,11-14,21-26H2,1-3H3,(H,50,51)(H,52,53)/t41-,42?/m0/s1. The first-order chi connectivity index (χ1) is 26.8. The maximum Gasteiger partial charge on any atom is 0.326 e. The van der Waals surface area contributed by atoms with Crippen molar-refractivity contribution in [3.05, 3.63) is 105 Å². The zero-order chi connectivity index (χ0) is 40.5. The monoisotopic (exact) mass is 786 g/mol. The number of benzene rings is 3. The van der Waals surface area contributed by atoms with Crippen LogP contribution in [0.4, 0.5) is 0 Å². The molecule has 14 heteroatoms. The lowest BCUT2D eigenvalue weighted by atomic mass is 9.88. The first kappa shape index (κ1) is 41.9. The Morgan fingerprint density at radius 1 is 0.964 bits per heavy atom. The van der Waals surface area contributed by atoms with Crippen LogP contribution in [0.25, 0.3) is 11.1 Å². The number of likely N-dealkylation sites (tertiary alicyclic amines) is 1. The van der Waals surface area contributed by atoms with Crippen LogP contribution in [0.1, 0.15) is 53.1 Å². The highest BCUT2D eigenvalue weighted by Gasteiger charge is 2.44. The number of aliphatic carboxylic acids is 2. The fourth-order valence-electron chi connectivity index (χ4n) is 6.58. The Balaban J connectivity index is 1.29. The zero-order valence-electron chi connectivity index (χ0n) is 31.7. The highest BCUT2D eigenvalue weighted by molar-refractivity contribution is 6.32. The molecule has 1 fully saturated rings. The van der Waals surface area contributed by atoms with Crippen molar-refractivity contribution in [2.24, 2.45) is 5.41 Å². The summed E-state index contributed by atoms with van der Waals surface area (Å²) in [6, 6.07) is 18.9. The van der Waals surface area contributed by atoms with Crippen LogP contribution in [-0.2, 0) is 29.3 Å². The predicted molar refractivity (Wildman–Crippen MR) is 209 cm³/mol. The van der Waals surface area contributed by atoms with Crippen molar-refractivity contribution >= 4 is 23.5 Å². The fourth-order valence-corrected chi connectivity index (χ4v) is 6.82. The van der Waals surface area contributed by atoms with E-state index < -0.39 is 29.5 Å². The molecule has 2 heterocycles. The number of nitrogens with zero attached hydrogens (tertiary/aromatic N) is 3. The van der Waals surface area contributed by atoms with Gasteiger partial charge in [-0.3, -0.25) is 19.9 Å². The Morgan fingerprint density at radius 2 is 1.70 bits per heavy atom. The van der Waals surface area contributed by atoms with Gasteiger partial charge < -0.3 is 39.5 Å². The van der Waals surface area contributed by atoms with Gasteiger partial charge in [0.25, 0.3) is 0 Å². The van der Waals surface area contributed by atoms with Crippen LogP contribution in [0.3, 0.4) is 0 Å². The molecule has 5 rings (SSSR count). The summed E-state index contributed by atoms with van der Waals surface area (Å²) in [6.07, 6.45) is 4.17. The molecule has 56 heavy (non-hydrogen) atoms. The third-order valence-corrected chi connectivity index (χ3v) is 10.7. The lowest BCUT2D eigenvalue weighted by Gasteiger charge is -2.25. The van der Waals surface area contributed by atoms with Gasteiger partial charge in [-0.25, -0.2) is 0 Å². The van der Waals surface area contributed by atoms with Crippen molar-refractivity contribution < 1.29 is 44.2 Å². The summed E-state index contributed by atoms with van der Waals surface area (Å²) in [5.74, 6) is -0.716. The van der Waals surface area contributed by atoms with E-state index in [1.807, 2.05) is 50.2 Å². The van der Waals surface area contributed by atoms with E-state index in [-0.39, 0.29) is 31.4 Å². The van der Waals surface area contributed by atoms with Crippen LogP contribution in [-0.4, -0.2) is 87.2 Å². The van der Waals surface area contributed by atoms with Gasteiger partial charge in [0.05, 0.1) is 30.4 Å². The second-order valence-electron chi connectivity index (χ2n) is 14.3. The summed E-state index contributed by atoms with van der Waals surface area (Å²) in [7, 11) is 0. The third kappa shape index (κ3) is 9.76. The Labute approximate surface area is 331 Å². The number of nitriles is 1. The van der Waals surface area contributed by atoms with E-state index in [0.717, 1.165) is 33.6 Å². The minimum Gasteiger partial charge on any atom is -0.493 e. The number of carboxylic acid groups (broad SMARTS) is 2. The lowest BCUT2D eigenvalue weighted by molar-refractivity contribution is -0.150. The minimum absolute atomic E-state index is 0.00889. The summed E-state index contributed by atoms with van der Waals surface area (Å²) in [5.41, 5.74) is 3.78. The van der Waals surface area contributed by atoms with E-state index in [4.69, 9.17) is 25.8 Å². The first-order valence-electron chi connectivity index (χ1n) is 18.2. The fraction of sp³-hybridized carbons (Fsp3) is 0.381. The molecule has 1 aliphatic rings. The topological polar surface area (TPSA) is 195 Å². The largest absolute Gasteiger partial charge is 0.493 e. The van der Waals surface area contributed by atoms with E-state index in [2.05, 4.69) is 21.3 Å². The number of halogens is 1. The van der Waals surface area contributed by atoms with Gasteiger partial charge in [0, 0.05) is 49.2 Å². The van der Waals surface area contributed by atoms with E-state index in [9.17, 15) is 35.3 Å². The average Bonchev–Trinajstić information content (AvgIpc) is 3.63. The quantitative estimate of drug-likeness (QED) is 0.0748. The zero-order valence-corrected chi connectivity index (χ0v) is 32.4. The van der Waals surface area contributed by atoms with Crippen molar-refractivity contribution in [2.75, 3.05) is 39.5 Å². The smallest absolute Gasteiger partial charge is 0.326 e. The molecule has 0 spiro atoms. The minimum atomic E-state index is -1.61. The van der Waals surface area contributed by atoms with Gasteiger partial charge in [0.1, 0.15) is 47.5 Å². The molecule has 296 valence electrons. The van der Waals surface area contributed by atoms with Gasteiger partial charge in [-0.15, -0.1) is 0 Å². The van der Waals surface area contributed by atoms with Gasteiger partial charge in [-0.1, -0.05) is 41.9 Å². The Bertz CT molecular complexity index is 2090. The molecule has 1 aliphatic heterocycles. The number of nitrogens with one attached hydrogen (secondary N) is 1. The number of aliphatic hydroxyl groups excluding tert-OH is 2. The van der Waals surface area contributed by atoms with Gasteiger partial charge >= 0.3 is 11.9 Å². The molecular formula is C42H47ClN4O9. The molecule has 0 radical (unpaired) electrons. The molecule has 13 nitrogen and oxygen atoms in total. The predicted octanol–water partition coefficient (Wildman–Crippen LogP) is 5.51. The molecule has 1 saturated heterocycles. The summed E-state index contributed by atoms with van der Waals surface area (Å²) < 4.78 is 18.6. The second kappa shape index (κ2) is 18.6. The van der Waals surface area contributed by atoms with Crippen molar-refractivity contribution in [1.29, 1.82) is 5.26 Å². The highest BCUT2D eigenvalue weighted by Crippen LogP contribution is 2.37. The Morgan fingerprint density at radius 3 is 2.38 bits per heavy atom. The second-order valence-corrected chi connectivity index (χ2v) is 14.7. The van der Waals surface area contributed by atoms with Gasteiger partial charge in [0.15, 0.2) is 0 Å². The van der Waals surface area contributed by atoms with E-state index in [0.29, 0.717) is 67.3 Å². The number of hydrogen-bond acceptors (Lipinski definition) is 11. The van der Waals surface area contributed by atoms with Crippen molar-refractivity contribution in [3.63, 3.8) is 0 Å². The van der Waals surface area contributed by atoms with Crippen LogP contribution in [0.15, 0.2) is 67.0 Å². The molecule has 1 unspecified atom stereocenters. The maximum absolute atomic E-state index is 11.8. The molecule has 0 aliphatic carbocycles. The molecule has 2 atom stereocenters. The van der Waals surface area contributed by atoms with Crippen molar-refractivity contribution in [2.45, 2.75) is 58.9 Å². The number of aromatic nitrogens is 1. The third-order valence-electron chi connectivity index (χ3n) is 10.4. The van der Waals surface area contributed by atoms with Crippen LogP contribution in [0.5, 0.6) is 17.2 Å². The summed E-state index contributed by atoms with van der Waals surface area (Å²) >= 11 is 6.73. The van der Waals surface area contributed by atoms with Crippen LogP contribution in [0, 0.1) is 30.6 Å². The number of rotatable bonds is 19. The Hall–Kier alpha value is -5.23. The van der Waals surface area contributed by atoms with Crippen molar-refractivity contribution in [1.82, 2.24) is 15.2 Å². The molecule has 3 aromatic carbocycles. The summed E-state index contributed by atoms with van der Waals surface area (Å²) in [5, 5.41) is 51.1. The van der Waals surface area contributed by atoms with E-state index in [1.165, 1.54) is 13.1 Å². The van der Waals surface area contributed by atoms with Gasteiger partial charge in [0.2, 0.25) is 0 Å². The first-order valence-corrected chi connectivity index (χ1v) is 18.6. The van der Waals surface area contributed by atoms with Gasteiger partial charge in [-0.05, 0) is 86.2 Å². The number of aliphatic hydroxyl groups is 2.